The van der Waals surface area contributed by atoms with Gasteiger partial charge in [0, 0.05) is 22.4 Å². The molecule has 0 aliphatic carbocycles. The minimum absolute atomic E-state index is 0.0872. The summed E-state index contributed by atoms with van der Waals surface area (Å²) in [5, 5.41) is 10.8. The standard InChI is InChI=1S/C19H15N5O2/c20-11-5-3-4-10(8-11)14-9-13(12-6-1-2-7-15(12)25)16-17(21)23-19(26)24-18(16)22-14/h1-9,25H,20H2,(H3,21,22,23,24,26). The van der Waals surface area contributed by atoms with Crippen LogP contribution in [0.3, 0.4) is 0 Å². The first-order valence-electron chi connectivity index (χ1n) is 7.88. The Morgan fingerprint density at radius 2 is 1.73 bits per heavy atom. The molecule has 0 spiro atoms. The van der Waals surface area contributed by atoms with E-state index in [-0.39, 0.29) is 17.2 Å². The molecular weight excluding hydrogens is 330 g/mol. The minimum atomic E-state index is -0.588. The number of anilines is 2. The molecule has 0 unspecified atom stereocenters. The highest BCUT2D eigenvalue weighted by atomic mass is 16.3. The maximum absolute atomic E-state index is 11.8. The van der Waals surface area contributed by atoms with Crippen LogP contribution in [0.4, 0.5) is 11.5 Å². The van der Waals surface area contributed by atoms with E-state index >= 15 is 0 Å². The van der Waals surface area contributed by atoms with Gasteiger partial charge in [-0.15, -0.1) is 0 Å². The summed E-state index contributed by atoms with van der Waals surface area (Å²) in [6, 6.07) is 15.9. The van der Waals surface area contributed by atoms with Crippen molar-refractivity contribution in [2.75, 3.05) is 11.5 Å². The Bertz CT molecular complexity index is 1200. The second-order valence-electron chi connectivity index (χ2n) is 5.85. The molecular formula is C19H15N5O2. The molecule has 0 aliphatic rings. The molecule has 0 aliphatic heterocycles. The second-order valence-corrected chi connectivity index (χ2v) is 5.85. The predicted octanol–water partition coefficient (Wildman–Crippen LogP) is 2.52. The largest absolute Gasteiger partial charge is 0.507 e. The zero-order chi connectivity index (χ0) is 18.3. The summed E-state index contributed by atoms with van der Waals surface area (Å²) >= 11 is 0. The molecule has 128 valence electrons. The van der Waals surface area contributed by atoms with Crippen LogP contribution in [-0.4, -0.2) is 20.1 Å². The van der Waals surface area contributed by atoms with Crippen molar-refractivity contribution < 1.29 is 5.11 Å². The van der Waals surface area contributed by atoms with Crippen molar-refractivity contribution in [1.29, 1.82) is 0 Å². The van der Waals surface area contributed by atoms with Gasteiger partial charge in [0.05, 0.1) is 11.1 Å². The van der Waals surface area contributed by atoms with Crippen molar-refractivity contribution in [3.63, 3.8) is 0 Å². The lowest BCUT2D eigenvalue weighted by Crippen LogP contribution is -2.14. The molecule has 2 heterocycles. The number of para-hydroxylation sites is 1. The summed E-state index contributed by atoms with van der Waals surface area (Å²) in [7, 11) is 0. The molecule has 4 rings (SSSR count). The van der Waals surface area contributed by atoms with Crippen LogP contribution < -0.4 is 17.2 Å². The first-order chi connectivity index (χ1) is 12.5. The van der Waals surface area contributed by atoms with Crippen LogP contribution in [0, 0.1) is 0 Å². The molecule has 4 aromatic rings. The van der Waals surface area contributed by atoms with E-state index < -0.39 is 5.69 Å². The number of nitrogens with zero attached hydrogens (tertiary/aromatic N) is 2. The number of pyridine rings is 1. The lowest BCUT2D eigenvalue weighted by atomic mass is 9.99. The fourth-order valence-corrected chi connectivity index (χ4v) is 2.94. The van der Waals surface area contributed by atoms with Crippen LogP contribution in [0.5, 0.6) is 5.75 Å². The van der Waals surface area contributed by atoms with Crippen LogP contribution in [0.15, 0.2) is 59.4 Å². The van der Waals surface area contributed by atoms with Gasteiger partial charge in [0.1, 0.15) is 11.6 Å². The van der Waals surface area contributed by atoms with Gasteiger partial charge in [-0.3, -0.25) is 4.98 Å². The number of nitrogens with two attached hydrogens (primary N) is 2. The summed E-state index contributed by atoms with van der Waals surface area (Å²) in [5.74, 6) is 0.231. The van der Waals surface area contributed by atoms with Crippen LogP contribution in [0.1, 0.15) is 0 Å². The van der Waals surface area contributed by atoms with E-state index in [0.29, 0.717) is 27.9 Å². The number of hydrogen-bond acceptors (Lipinski definition) is 6. The highest BCUT2D eigenvalue weighted by Gasteiger charge is 2.16. The van der Waals surface area contributed by atoms with Gasteiger partial charge in [-0.05, 0) is 24.3 Å². The summed E-state index contributed by atoms with van der Waals surface area (Å²) in [4.78, 5) is 22.7. The van der Waals surface area contributed by atoms with Gasteiger partial charge in [-0.25, -0.2) is 9.78 Å². The summed E-state index contributed by atoms with van der Waals surface area (Å²) in [5.41, 5.74) is 14.6. The fourth-order valence-electron chi connectivity index (χ4n) is 2.94. The van der Waals surface area contributed by atoms with Crippen LogP contribution in [-0.2, 0) is 0 Å². The number of hydrogen-bond donors (Lipinski definition) is 4. The Morgan fingerprint density at radius 3 is 2.50 bits per heavy atom. The van der Waals surface area contributed by atoms with Gasteiger partial charge >= 0.3 is 5.69 Å². The average molecular weight is 345 g/mol. The highest BCUT2D eigenvalue weighted by molar-refractivity contribution is 6.02. The number of nitrogen functional groups attached to an aromatic ring is 2. The summed E-state index contributed by atoms with van der Waals surface area (Å²) in [6.07, 6.45) is 0. The Morgan fingerprint density at radius 1 is 0.923 bits per heavy atom. The maximum atomic E-state index is 11.8. The number of H-pyrrole nitrogens is 1. The molecule has 7 heteroatoms. The van der Waals surface area contributed by atoms with Gasteiger partial charge in [0.25, 0.3) is 0 Å². The van der Waals surface area contributed by atoms with E-state index in [9.17, 15) is 9.90 Å². The van der Waals surface area contributed by atoms with E-state index in [1.54, 1.807) is 42.5 Å². The van der Waals surface area contributed by atoms with Crippen molar-refractivity contribution in [3.8, 4) is 28.1 Å². The van der Waals surface area contributed by atoms with Crippen molar-refractivity contribution in [2.45, 2.75) is 0 Å². The molecule has 0 saturated heterocycles. The highest BCUT2D eigenvalue weighted by Crippen LogP contribution is 2.37. The lowest BCUT2D eigenvalue weighted by molar-refractivity contribution is 0.477. The molecule has 0 bridgehead atoms. The van der Waals surface area contributed by atoms with Gasteiger partial charge in [0.15, 0.2) is 5.65 Å². The van der Waals surface area contributed by atoms with E-state index in [1.165, 1.54) is 0 Å². The third-order valence-corrected chi connectivity index (χ3v) is 4.10. The lowest BCUT2D eigenvalue weighted by Gasteiger charge is -2.12. The van der Waals surface area contributed by atoms with Crippen LogP contribution >= 0.6 is 0 Å². The van der Waals surface area contributed by atoms with Gasteiger partial charge in [-0.2, -0.15) is 4.98 Å². The molecule has 6 N–H and O–H groups in total. The van der Waals surface area contributed by atoms with Crippen LogP contribution in [0.25, 0.3) is 33.4 Å². The Labute approximate surface area is 148 Å². The number of phenolic OH excluding ortho intramolecular Hbond substituents is 1. The van der Waals surface area contributed by atoms with Gasteiger partial charge < -0.3 is 16.6 Å². The van der Waals surface area contributed by atoms with Crippen molar-refractivity contribution in [2.24, 2.45) is 0 Å². The average Bonchev–Trinajstić information content (AvgIpc) is 2.61. The predicted molar refractivity (Wildman–Crippen MR) is 102 cm³/mol. The monoisotopic (exact) mass is 345 g/mol. The Kier molecular flexibility index (Phi) is 3.54. The number of benzene rings is 2. The number of nitrogens with one attached hydrogen (secondary N) is 1. The van der Waals surface area contributed by atoms with E-state index in [2.05, 4.69) is 15.0 Å². The number of aromatic hydroxyl groups is 1. The molecule has 0 amide bonds. The second kappa shape index (κ2) is 5.89. The third kappa shape index (κ3) is 2.61. The number of rotatable bonds is 2. The molecule has 0 radical (unpaired) electrons. The minimum Gasteiger partial charge on any atom is -0.507 e. The quantitative estimate of drug-likeness (QED) is 0.413. The topological polar surface area (TPSA) is 131 Å². The summed E-state index contributed by atoms with van der Waals surface area (Å²) in [6.45, 7) is 0. The Hall–Kier alpha value is -3.87. The van der Waals surface area contributed by atoms with E-state index in [0.717, 1.165) is 5.56 Å². The first kappa shape index (κ1) is 15.6. The number of fused-ring (bicyclic) bond motifs is 1. The Balaban J connectivity index is 2.11. The van der Waals surface area contributed by atoms with Gasteiger partial charge in [-0.1, -0.05) is 30.3 Å². The van der Waals surface area contributed by atoms with Crippen molar-refractivity contribution >= 4 is 22.5 Å². The molecule has 26 heavy (non-hydrogen) atoms. The van der Waals surface area contributed by atoms with E-state index in [4.69, 9.17) is 11.5 Å². The third-order valence-electron chi connectivity index (χ3n) is 4.10. The molecule has 0 saturated carbocycles. The number of aromatic amines is 1. The molecule has 0 atom stereocenters. The van der Waals surface area contributed by atoms with Crippen LogP contribution in [0.2, 0.25) is 0 Å². The van der Waals surface area contributed by atoms with Crippen molar-refractivity contribution in [3.05, 3.63) is 65.1 Å². The number of phenols is 1. The first-order valence-corrected chi connectivity index (χ1v) is 7.88. The molecule has 2 aromatic heterocycles. The van der Waals surface area contributed by atoms with Crippen molar-refractivity contribution in [1.82, 2.24) is 15.0 Å². The SMILES string of the molecule is Nc1cccc(-c2cc(-c3ccccc3O)c3c(N)[nH]c(=O)nc3n2)c1. The zero-order valence-corrected chi connectivity index (χ0v) is 13.6. The number of aromatic nitrogens is 3. The maximum Gasteiger partial charge on any atom is 0.348 e. The normalized spacial score (nSPS) is 10.9. The molecule has 7 nitrogen and oxygen atoms in total. The van der Waals surface area contributed by atoms with Gasteiger partial charge in [0.2, 0.25) is 0 Å². The zero-order valence-electron chi connectivity index (χ0n) is 13.6. The molecule has 2 aromatic carbocycles. The smallest absolute Gasteiger partial charge is 0.348 e. The molecule has 0 fully saturated rings. The summed E-state index contributed by atoms with van der Waals surface area (Å²) < 4.78 is 0. The fraction of sp³-hybridized carbons (Fsp3) is 0. The van der Waals surface area contributed by atoms with E-state index in [1.807, 2.05) is 12.1 Å².